The van der Waals surface area contributed by atoms with E-state index < -0.39 is 0 Å². The molecule has 3 N–H and O–H groups in total. The van der Waals surface area contributed by atoms with Crippen LogP contribution in [0.15, 0.2) is 0 Å². The molecule has 1 aliphatic carbocycles. The van der Waals surface area contributed by atoms with Crippen molar-refractivity contribution >= 4 is 0 Å². The molecule has 0 aromatic rings. The van der Waals surface area contributed by atoms with E-state index in [2.05, 4.69) is 4.90 Å². The van der Waals surface area contributed by atoms with Gasteiger partial charge in [-0.2, -0.15) is 0 Å². The van der Waals surface area contributed by atoms with Gasteiger partial charge in [-0.05, 0) is 12.8 Å². The first kappa shape index (κ1) is 12.3. The maximum absolute atomic E-state index is 10.1. The zero-order chi connectivity index (χ0) is 11.4. The summed E-state index contributed by atoms with van der Waals surface area (Å²) in [4.78, 5) is 2.39. The summed E-state index contributed by atoms with van der Waals surface area (Å²) >= 11 is 0. The molecule has 0 radical (unpaired) electrons. The minimum Gasteiger partial charge on any atom is -0.391 e. The Labute approximate surface area is 97.7 Å². The number of aliphatic hydroxyl groups is 1. The Hall–Kier alpha value is -0.160. The molecule has 2 aliphatic rings. The maximum atomic E-state index is 10.1. The van der Waals surface area contributed by atoms with Crippen molar-refractivity contribution in [1.82, 2.24) is 4.90 Å². The summed E-state index contributed by atoms with van der Waals surface area (Å²) in [6.07, 6.45) is 5.75. The third-order valence-corrected chi connectivity index (χ3v) is 3.85. The predicted octanol–water partition coefficient (Wildman–Crippen LogP) is 0.339. The number of morpholine rings is 1. The molecule has 4 heteroatoms. The van der Waals surface area contributed by atoms with Crippen molar-refractivity contribution in [2.45, 2.75) is 50.4 Å². The molecular formula is C12H24N2O2. The van der Waals surface area contributed by atoms with Crippen LogP contribution in [0.1, 0.15) is 32.1 Å². The van der Waals surface area contributed by atoms with Gasteiger partial charge in [0.15, 0.2) is 0 Å². The maximum Gasteiger partial charge on any atom is 0.0824 e. The summed E-state index contributed by atoms with van der Waals surface area (Å²) in [6.45, 7) is 3.17. The number of nitrogens with zero attached hydrogens (tertiary/aromatic N) is 1. The number of hydrogen-bond donors (Lipinski definition) is 2. The third kappa shape index (κ3) is 2.94. The zero-order valence-electron chi connectivity index (χ0n) is 9.98. The highest BCUT2D eigenvalue weighted by atomic mass is 16.5. The molecule has 2 fully saturated rings. The highest BCUT2D eigenvalue weighted by Crippen LogP contribution is 2.23. The molecule has 0 spiro atoms. The average Bonchev–Trinajstić information content (AvgIpc) is 2.54. The van der Waals surface area contributed by atoms with Crippen LogP contribution >= 0.6 is 0 Å². The van der Waals surface area contributed by atoms with Crippen LogP contribution in [0.25, 0.3) is 0 Å². The van der Waals surface area contributed by atoms with E-state index >= 15 is 0 Å². The monoisotopic (exact) mass is 228 g/mol. The summed E-state index contributed by atoms with van der Waals surface area (Å²) in [6, 6.07) is 0.334. The summed E-state index contributed by atoms with van der Waals surface area (Å²) in [5.74, 6) is 0. The van der Waals surface area contributed by atoms with Gasteiger partial charge in [-0.15, -0.1) is 0 Å². The zero-order valence-corrected chi connectivity index (χ0v) is 9.98. The molecule has 16 heavy (non-hydrogen) atoms. The second-order valence-corrected chi connectivity index (χ2v) is 5.00. The Balaban J connectivity index is 1.93. The van der Waals surface area contributed by atoms with E-state index in [9.17, 15) is 5.11 Å². The molecule has 1 aliphatic heterocycles. The number of aliphatic hydroxyl groups excluding tert-OH is 1. The molecule has 0 aromatic heterocycles. The van der Waals surface area contributed by atoms with Gasteiger partial charge >= 0.3 is 0 Å². The number of hydrogen-bond acceptors (Lipinski definition) is 4. The van der Waals surface area contributed by atoms with Crippen molar-refractivity contribution in [3.8, 4) is 0 Å². The van der Waals surface area contributed by atoms with E-state index in [4.69, 9.17) is 10.5 Å². The van der Waals surface area contributed by atoms with E-state index in [0.29, 0.717) is 12.6 Å². The third-order valence-electron chi connectivity index (χ3n) is 3.85. The lowest BCUT2D eigenvalue weighted by Crippen LogP contribution is -2.53. The first-order valence-electron chi connectivity index (χ1n) is 6.55. The predicted molar refractivity (Wildman–Crippen MR) is 63.2 cm³/mol. The minimum atomic E-state index is -0.154. The fourth-order valence-electron chi connectivity index (χ4n) is 2.88. The smallest absolute Gasteiger partial charge is 0.0824 e. The fourth-order valence-corrected chi connectivity index (χ4v) is 2.88. The van der Waals surface area contributed by atoms with Crippen LogP contribution in [-0.4, -0.2) is 54.5 Å². The topological polar surface area (TPSA) is 58.7 Å². The van der Waals surface area contributed by atoms with E-state index in [1.54, 1.807) is 0 Å². The highest BCUT2D eigenvalue weighted by Gasteiger charge is 2.30. The van der Waals surface area contributed by atoms with Gasteiger partial charge in [-0.3, -0.25) is 4.90 Å². The lowest BCUT2D eigenvalue weighted by Gasteiger charge is -2.39. The second-order valence-electron chi connectivity index (χ2n) is 5.00. The van der Waals surface area contributed by atoms with Gasteiger partial charge in [0.25, 0.3) is 0 Å². The summed E-state index contributed by atoms with van der Waals surface area (Å²) in [5.41, 5.74) is 5.65. The van der Waals surface area contributed by atoms with Gasteiger partial charge in [0.1, 0.15) is 0 Å². The molecule has 1 saturated carbocycles. The standard InChI is InChI=1S/C12H24N2O2/c13-8-10-9-14(6-7-16-10)11-4-2-1-3-5-12(11)15/h10-12,15H,1-9,13H2. The Morgan fingerprint density at radius 2 is 2.06 bits per heavy atom. The van der Waals surface area contributed by atoms with Crippen molar-refractivity contribution in [2.75, 3.05) is 26.2 Å². The van der Waals surface area contributed by atoms with Gasteiger partial charge < -0.3 is 15.6 Å². The molecule has 4 nitrogen and oxygen atoms in total. The van der Waals surface area contributed by atoms with Crippen LogP contribution in [0.3, 0.4) is 0 Å². The molecule has 1 heterocycles. The van der Waals surface area contributed by atoms with E-state index in [1.807, 2.05) is 0 Å². The van der Waals surface area contributed by atoms with E-state index in [1.165, 1.54) is 19.3 Å². The van der Waals surface area contributed by atoms with E-state index in [0.717, 1.165) is 32.5 Å². The molecule has 2 rings (SSSR count). The summed E-state index contributed by atoms with van der Waals surface area (Å²) in [7, 11) is 0. The van der Waals surface area contributed by atoms with Crippen molar-refractivity contribution < 1.29 is 9.84 Å². The second kappa shape index (κ2) is 5.96. The van der Waals surface area contributed by atoms with E-state index in [-0.39, 0.29) is 12.2 Å². The Bertz CT molecular complexity index is 213. The Kier molecular flexibility index (Phi) is 4.58. The molecule has 0 aromatic carbocycles. The quantitative estimate of drug-likeness (QED) is 0.669. The Morgan fingerprint density at radius 1 is 1.25 bits per heavy atom. The SMILES string of the molecule is NCC1CN(C2CCCCCC2O)CCO1. The number of ether oxygens (including phenoxy) is 1. The van der Waals surface area contributed by atoms with Crippen LogP contribution in [0.5, 0.6) is 0 Å². The van der Waals surface area contributed by atoms with Gasteiger partial charge in [0.05, 0.1) is 18.8 Å². The van der Waals surface area contributed by atoms with Crippen LogP contribution in [-0.2, 0) is 4.74 Å². The number of nitrogens with two attached hydrogens (primary N) is 1. The molecule has 94 valence electrons. The van der Waals surface area contributed by atoms with Crippen LogP contribution in [0, 0.1) is 0 Å². The number of rotatable bonds is 2. The first-order chi connectivity index (χ1) is 7.81. The largest absolute Gasteiger partial charge is 0.391 e. The molecule has 3 atom stereocenters. The van der Waals surface area contributed by atoms with Gasteiger partial charge in [-0.25, -0.2) is 0 Å². The van der Waals surface area contributed by atoms with Gasteiger partial charge in [-0.1, -0.05) is 19.3 Å². The van der Waals surface area contributed by atoms with Crippen molar-refractivity contribution in [3.05, 3.63) is 0 Å². The fraction of sp³-hybridized carbons (Fsp3) is 1.00. The van der Waals surface area contributed by atoms with Gasteiger partial charge in [0, 0.05) is 25.7 Å². The van der Waals surface area contributed by atoms with Crippen molar-refractivity contribution in [2.24, 2.45) is 5.73 Å². The Morgan fingerprint density at radius 3 is 2.88 bits per heavy atom. The van der Waals surface area contributed by atoms with Crippen LogP contribution < -0.4 is 5.73 Å². The highest BCUT2D eigenvalue weighted by molar-refractivity contribution is 4.85. The lowest BCUT2D eigenvalue weighted by molar-refractivity contribution is -0.0621. The normalized spacial score (nSPS) is 38.2. The average molecular weight is 228 g/mol. The van der Waals surface area contributed by atoms with Crippen LogP contribution in [0.4, 0.5) is 0 Å². The van der Waals surface area contributed by atoms with Crippen LogP contribution in [0.2, 0.25) is 0 Å². The minimum absolute atomic E-state index is 0.154. The molecule has 0 amide bonds. The molecule has 0 bridgehead atoms. The van der Waals surface area contributed by atoms with Gasteiger partial charge in [0.2, 0.25) is 0 Å². The summed E-state index contributed by atoms with van der Waals surface area (Å²) in [5, 5.41) is 10.1. The van der Waals surface area contributed by atoms with Crippen molar-refractivity contribution in [3.63, 3.8) is 0 Å². The summed E-state index contributed by atoms with van der Waals surface area (Å²) < 4.78 is 5.57. The molecule has 1 saturated heterocycles. The molecule has 3 unspecified atom stereocenters. The molecular weight excluding hydrogens is 204 g/mol. The lowest BCUT2D eigenvalue weighted by atomic mass is 10.0. The first-order valence-corrected chi connectivity index (χ1v) is 6.55. The van der Waals surface area contributed by atoms with Crippen molar-refractivity contribution in [1.29, 1.82) is 0 Å².